The van der Waals surface area contributed by atoms with Gasteiger partial charge >= 0.3 is 5.97 Å². The van der Waals surface area contributed by atoms with Crippen LogP contribution in [0.1, 0.15) is 98.8 Å². The lowest BCUT2D eigenvalue weighted by Gasteiger charge is -2.72. The molecule has 0 radical (unpaired) electrons. The maximum Gasteiger partial charge on any atom is 0.312 e. The lowest BCUT2D eigenvalue weighted by molar-refractivity contribution is -0.243. The van der Waals surface area contributed by atoms with Gasteiger partial charge in [0.05, 0.1) is 11.5 Å². The van der Waals surface area contributed by atoms with Crippen molar-refractivity contribution in [2.75, 3.05) is 0 Å². The molecule has 1 saturated heterocycles. The molecule has 5 saturated carbocycles. The molecule has 2 unspecified atom stereocenters. The number of esters is 1. The predicted octanol–water partition coefficient (Wildman–Crippen LogP) is 5.74. The van der Waals surface area contributed by atoms with E-state index in [1.807, 2.05) is 0 Å². The highest BCUT2D eigenvalue weighted by Gasteiger charge is 2.74. The number of rotatable bonds is 0. The van der Waals surface area contributed by atoms with Crippen LogP contribution < -0.4 is 0 Å². The molecule has 6 aliphatic rings. The van der Waals surface area contributed by atoms with Gasteiger partial charge in [0.15, 0.2) is 0 Å². The number of ether oxygens (including phenoxy) is 1. The fourth-order valence-electron chi connectivity index (χ4n) is 11.3. The first-order chi connectivity index (χ1) is 14.0. The first-order valence-electron chi connectivity index (χ1n) is 12.9. The molecule has 3 nitrogen and oxygen atoms in total. The van der Waals surface area contributed by atoms with E-state index in [1.165, 1.54) is 38.5 Å². The number of hydrogen-bond donors (Lipinski definition) is 1. The van der Waals surface area contributed by atoms with Crippen molar-refractivity contribution in [1.82, 2.24) is 0 Å². The number of carbonyl (C=O) groups excluding carboxylic acids is 1. The molecule has 6 fully saturated rings. The maximum atomic E-state index is 12.8. The number of aliphatic hydroxyl groups is 1. The summed E-state index contributed by atoms with van der Waals surface area (Å²) in [5, 5.41) is 10.8. The van der Waals surface area contributed by atoms with Crippen molar-refractivity contribution in [2.45, 2.75) is 111 Å². The Morgan fingerprint density at radius 1 is 0.800 bits per heavy atom. The van der Waals surface area contributed by atoms with Gasteiger partial charge in [0.25, 0.3) is 0 Å². The Hall–Kier alpha value is -0.570. The summed E-state index contributed by atoms with van der Waals surface area (Å²) < 4.78 is 5.94. The SMILES string of the molecule is CC1(C)[C@@H](O)CC[C@]2(C)[C@H]3CC[C@@H]4[C@H]5C6CCC5(CC[C@@]4(C)[C@]3(C)CC[C@@H]12)C(=O)O6. The van der Waals surface area contributed by atoms with Gasteiger partial charge in [-0.3, -0.25) is 4.79 Å². The summed E-state index contributed by atoms with van der Waals surface area (Å²) in [6.45, 7) is 12.5. The Kier molecular flexibility index (Phi) is 3.79. The first-order valence-corrected chi connectivity index (χ1v) is 12.9. The predicted molar refractivity (Wildman–Crippen MR) is 117 cm³/mol. The van der Waals surface area contributed by atoms with Gasteiger partial charge in [-0.05, 0) is 104 Å². The molecular weight excluding hydrogens is 372 g/mol. The third-order valence-electron chi connectivity index (χ3n) is 13.0. The van der Waals surface area contributed by atoms with Gasteiger partial charge in [-0.2, -0.15) is 0 Å². The van der Waals surface area contributed by atoms with E-state index in [-0.39, 0.29) is 29.0 Å². The van der Waals surface area contributed by atoms with Crippen molar-refractivity contribution >= 4 is 5.97 Å². The summed E-state index contributed by atoms with van der Waals surface area (Å²) in [6.07, 6.45) is 11.8. The van der Waals surface area contributed by atoms with E-state index in [1.54, 1.807) is 0 Å². The lowest BCUT2D eigenvalue weighted by atomic mass is 9.32. The number of carbonyl (C=O) groups is 1. The van der Waals surface area contributed by atoms with Gasteiger partial charge in [0.1, 0.15) is 6.10 Å². The molecule has 5 aliphatic carbocycles. The van der Waals surface area contributed by atoms with Crippen LogP contribution >= 0.6 is 0 Å². The van der Waals surface area contributed by atoms with Crippen LogP contribution in [-0.4, -0.2) is 23.3 Å². The molecule has 1 N–H and O–H groups in total. The number of hydrogen-bond acceptors (Lipinski definition) is 3. The minimum Gasteiger partial charge on any atom is -0.462 e. The molecule has 30 heavy (non-hydrogen) atoms. The summed E-state index contributed by atoms with van der Waals surface area (Å²) in [5.41, 5.74) is 0.879. The van der Waals surface area contributed by atoms with Gasteiger partial charge in [0, 0.05) is 5.92 Å². The summed E-state index contributed by atoms with van der Waals surface area (Å²) in [4.78, 5) is 12.8. The monoisotopic (exact) mass is 414 g/mol. The summed E-state index contributed by atoms with van der Waals surface area (Å²) in [7, 11) is 0. The minimum atomic E-state index is -0.154. The molecule has 168 valence electrons. The average molecular weight is 415 g/mol. The van der Waals surface area contributed by atoms with Crippen molar-refractivity contribution in [3.05, 3.63) is 0 Å². The molecule has 0 aromatic heterocycles. The van der Waals surface area contributed by atoms with Crippen LogP contribution in [0, 0.1) is 50.7 Å². The lowest BCUT2D eigenvalue weighted by Crippen LogP contribution is -2.66. The normalized spacial score (nSPS) is 60.8. The van der Waals surface area contributed by atoms with Crippen LogP contribution in [0.15, 0.2) is 0 Å². The molecule has 0 aromatic carbocycles. The van der Waals surface area contributed by atoms with Crippen LogP contribution in [0.25, 0.3) is 0 Å². The minimum absolute atomic E-state index is 0.0214. The zero-order chi connectivity index (χ0) is 21.3. The fourth-order valence-corrected chi connectivity index (χ4v) is 11.3. The standard InChI is InChI=1S/C27H42O3/c1-23(2)18-9-12-26(5)19(24(18,3)11-10-20(23)28)7-6-16-21-17-8-13-27(21,22(29)30-17)15-14-25(16,26)4/h16-21,28H,6-15H2,1-5H3/t16-,17?,18+,19-,20+,21+,24+,25-,26-,27?/m1/s1. The Morgan fingerprint density at radius 2 is 1.57 bits per heavy atom. The van der Waals surface area contributed by atoms with Crippen molar-refractivity contribution < 1.29 is 14.6 Å². The molecule has 10 atom stereocenters. The summed E-state index contributed by atoms with van der Waals surface area (Å²) in [5.74, 6) is 2.64. The van der Waals surface area contributed by atoms with E-state index in [2.05, 4.69) is 34.6 Å². The van der Waals surface area contributed by atoms with Crippen molar-refractivity contribution in [3.63, 3.8) is 0 Å². The summed E-state index contributed by atoms with van der Waals surface area (Å²) in [6, 6.07) is 0. The Balaban J connectivity index is 1.40. The Morgan fingerprint density at radius 3 is 2.30 bits per heavy atom. The van der Waals surface area contributed by atoms with Gasteiger partial charge in [-0.1, -0.05) is 34.6 Å². The molecular formula is C27H42O3. The van der Waals surface area contributed by atoms with E-state index in [0.717, 1.165) is 31.6 Å². The third-order valence-corrected chi connectivity index (χ3v) is 13.0. The molecule has 6 rings (SSSR count). The molecule has 1 heterocycles. The topological polar surface area (TPSA) is 46.5 Å². The quantitative estimate of drug-likeness (QED) is 0.514. The van der Waals surface area contributed by atoms with Gasteiger partial charge < -0.3 is 9.84 Å². The van der Waals surface area contributed by atoms with Crippen molar-refractivity contribution in [2.24, 2.45) is 50.7 Å². The number of aliphatic hydroxyl groups excluding tert-OH is 1. The summed E-state index contributed by atoms with van der Waals surface area (Å²) >= 11 is 0. The van der Waals surface area contributed by atoms with Crippen LogP contribution in [0.2, 0.25) is 0 Å². The smallest absolute Gasteiger partial charge is 0.312 e. The first kappa shape index (κ1) is 20.1. The second kappa shape index (κ2) is 5.67. The van der Waals surface area contributed by atoms with E-state index in [9.17, 15) is 9.90 Å². The van der Waals surface area contributed by atoms with Gasteiger partial charge in [-0.25, -0.2) is 0 Å². The van der Waals surface area contributed by atoms with Crippen LogP contribution in [0.3, 0.4) is 0 Å². The van der Waals surface area contributed by atoms with E-state index in [4.69, 9.17) is 4.74 Å². The molecule has 2 bridgehead atoms. The second-order valence-corrected chi connectivity index (χ2v) is 13.7. The Bertz CT molecular complexity index is 789. The highest BCUT2D eigenvalue weighted by molar-refractivity contribution is 5.81. The highest BCUT2D eigenvalue weighted by atomic mass is 16.6. The molecule has 0 aromatic rings. The zero-order valence-electron chi connectivity index (χ0n) is 19.8. The maximum absolute atomic E-state index is 12.8. The third kappa shape index (κ3) is 1.98. The molecule has 0 spiro atoms. The second-order valence-electron chi connectivity index (χ2n) is 13.7. The Labute approximate surface area is 182 Å². The van der Waals surface area contributed by atoms with E-state index >= 15 is 0 Å². The van der Waals surface area contributed by atoms with Crippen molar-refractivity contribution in [3.8, 4) is 0 Å². The fraction of sp³-hybridized carbons (Fsp3) is 0.963. The van der Waals surface area contributed by atoms with E-state index in [0.29, 0.717) is 34.0 Å². The van der Waals surface area contributed by atoms with Crippen molar-refractivity contribution in [1.29, 1.82) is 0 Å². The van der Waals surface area contributed by atoms with Gasteiger partial charge in [-0.15, -0.1) is 0 Å². The van der Waals surface area contributed by atoms with Crippen LogP contribution in [-0.2, 0) is 9.53 Å². The highest BCUT2D eigenvalue weighted by Crippen LogP contribution is 2.77. The molecule has 0 amide bonds. The van der Waals surface area contributed by atoms with Crippen LogP contribution in [0.4, 0.5) is 0 Å². The zero-order valence-corrected chi connectivity index (χ0v) is 19.8. The number of fused-ring (bicyclic) bond motifs is 5. The largest absolute Gasteiger partial charge is 0.462 e. The molecule has 1 aliphatic heterocycles. The average Bonchev–Trinajstić information content (AvgIpc) is 3.18. The van der Waals surface area contributed by atoms with Gasteiger partial charge in [0.2, 0.25) is 0 Å². The van der Waals surface area contributed by atoms with Crippen LogP contribution in [0.5, 0.6) is 0 Å². The molecule has 3 heteroatoms. The van der Waals surface area contributed by atoms with E-state index < -0.39 is 0 Å².